The number of esters is 1. The van der Waals surface area contributed by atoms with E-state index in [0.29, 0.717) is 37.1 Å². The van der Waals surface area contributed by atoms with Crippen LogP contribution in [0.5, 0.6) is 0 Å². The molecule has 0 aromatic rings. The summed E-state index contributed by atoms with van der Waals surface area (Å²) in [5.41, 5.74) is 22.5. The van der Waals surface area contributed by atoms with Crippen molar-refractivity contribution in [3.05, 3.63) is 35.5 Å². The first kappa shape index (κ1) is 32.1. The van der Waals surface area contributed by atoms with Gasteiger partial charge in [-0.3, -0.25) is 4.99 Å². The van der Waals surface area contributed by atoms with Gasteiger partial charge >= 0.3 is 5.97 Å². The van der Waals surface area contributed by atoms with Gasteiger partial charge in [0.2, 0.25) is 0 Å². The second kappa shape index (κ2) is 15.0. The van der Waals surface area contributed by atoms with Crippen molar-refractivity contribution in [2.24, 2.45) is 50.7 Å². The molecule has 224 valence electrons. The fraction of sp³-hybridized carbons (Fsp3) is 0.758. The molecular formula is C33H55N5O2. The zero-order valence-corrected chi connectivity index (χ0v) is 25.6. The topological polar surface area (TPSA) is 127 Å². The summed E-state index contributed by atoms with van der Waals surface area (Å²) in [6.45, 7) is 14.5. The predicted molar refractivity (Wildman–Crippen MR) is 164 cm³/mol. The van der Waals surface area contributed by atoms with Crippen LogP contribution in [0.25, 0.3) is 0 Å². The van der Waals surface area contributed by atoms with Gasteiger partial charge in [0.25, 0.3) is 0 Å². The number of carbonyl (C=O) groups is 1. The lowest BCUT2D eigenvalue weighted by Crippen LogP contribution is -2.36. The van der Waals surface area contributed by atoms with E-state index in [1.807, 2.05) is 0 Å². The van der Waals surface area contributed by atoms with Crippen molar-refractivity contribution in [1.82, 2.24) is 0 Å². The van der Waals surface area contributed by atoms with E-state index in [0.717, 1.165) is 36.2 Å². The van der Waals surface area contributed by atoms with E-state index in [9.17, 15) is 4.79 Å². The second-order valence-corrected chi connectivity index (χ2v) is 13.3. The largest absolute Gasteiger partial charge is 0.460 e. The molecule has 40 heavy (non-hydrogen) atoms. The minimum absolute atomic E-state index is 0.0240. The average Bonchev–Trinajstić information content (AvgIpc) is 3.26. The van der Waals surface area contributed by atoms with Crippen LogP contribution in [0.1, 0.15) is 111 Å². The molecule has 0 aromatic heterocycles. The monoisotopic (exact) mass is 553 g/mol. The summed E-state index contributed by atoms with van der Waals surface area (Å²) in [5.74, 6) is 2.69. The molecule has 6 atom stereocenters. The van der Waals surface area contributed by atoms with E-state index < -0.39 is 12.0 Å². The zero-order valence-electron chi connectivity index (χ0n) is 25.6. The van der Waals surface area contributed by atoms with Crippen molar-refractivity contribution in [3.8, 4) is 0 Å². The summed E-state index contributed by atoms with van der Waals surface area (Å²) in [4.78, 5) is 16.7. The summed E-state index contributed by atoms with van der Waals surface area (Å²) >= 11 is 0. The number of nitrogens with zero attached hydrogens (tertiary/aromatic N) is 2. The van der Waals surface area contributed by atoms with Gasteiger partial charge in [-0.15, -0.1) is 0 Å². The molecule has 0 radical (unpaired) electrons. The van der Waals surface area contributed by atoms with E-state index in [1.54, 1.807) is 5.57 Å². The first-order valence-electron chi connectivity index (χ1n) is 15.7. The molecule has 7 nitrogen and oxygen atoms in total. The number of hydrogen-bond acceptors (Lipinski definition) is 5. The van der Waals surface area contributed by atoms with E-state index >= 15 is 0 Å². The lowest BCUT2D eigenvalue weighted by Gasteiger charge is -2.44. The van der Waals surface area contributed by atoms with Crippen molar-refractivity contribution in [3.63, 3.8) is 0 Å². The molecule has 3 rings (SSSR count). The number of ether oxygens (including phenoxy) is 1. The maximum atomic E-state index is 12.7. The van der Waals surface area contributed by atoms with Gasteiger partial charge in [-0.05, 0) is 92.4 Å². The van der Waals surface area contributed by atoms with Crippen LogP contribution in [-0.2, 0) is 9.53 Å². The van der Waals surface area contributed by atoms with Crippen LogP contribution in [-0.4, -0.2) is 30.6 Å². The molecule has 0 heterocycles. The highest BCUT2D eigenvalue weighted by Crippen LogP contribution is 2.60. The SMILES string of the molecule is C=C1CC[C@H](OC(=O)[C@@H](CCCN=C(N)N)N=N)C/C1=C/C=C1\CCC[C@]2(C)[C@@H]([C@H](C)CCCC(C)C)CC[C@@H]12. The molecule has 0 aliphatic heterocycles. The Balaban J connectivity index is 1.61. The van der Waals surface area contributed by atoms with Crippen molar-refractivity contribution in [2.75, 3.05) is 6.54 Å². The summed E-state index contributed by atoms with van der Waals surface area (Å²) < 4.78 is 5.83. The van der Waals surface area contributed by atoms with Crippen LogP contribution in [0.3, 0.4) is 0 Å². The molecular weight excluding hydrogens is 498 g/mol. The van der Waals surface area contributed by atoms with Gasteiger partial charge in [0.1, 0.15) is 6.10 Å². The highest BCUT2D eigenvalue weighted by molar-refractivity contribution is 5.76. The molecule has 0 spiro atoms. The first-order valence-corrected chi connectivity index (χ1v) is 15.7. The smallest absolute Gasteiger partial charge is 0.333 e. The lowest BCUT2D eigenvalue weighted by atomic mass is 9.60. The third kappa shape index (κ3) is 8.53. The molecule has 3 aliphatic rings. The Morgan fingerprint density at radius 2 is 1.90 bits per heavy atom. The first-order chi connectivity index (χ1) is 19.0. The minimum Gasteiger partial charge on any atom is -0.460 e. The second-order valence-electron chi connectivity index (χ2n) is 13.3. The lowest BCUT2D eigenvalue weighted by molar-refractivity contribution is -0.151. The molecule has 5 N–H and O–H groups in total. The molecule has 3 aliphatic carbocycles. The van der Waals surface area contributed by atoms with Crippen LogP contribution in [0.2, 0.25) is 0 Å². The van der Waals surface area contributed by atoms with Crippen LogP contribution >= 0.6 is 0 Å². The van der Waals surface area contributed by atoms with Crippen LogP contribution in [0.15, 0.2) is 45.6 Å². The number of nitrogens with two attached hydrogens (primary N) is 2. The molecule has 7 heteroatoms. The van der Waals surface area contributed by atoms with Crippen molar-refractivity contribution in [1.29, 1.82) is 5.53 Å². The molecule has 3 fully saturated rings. The Bertz CT molecular complexity index is 979. The van der Waals surface area contributed by atoms with Crippen LogP contribution in [0.4, 0.5) is 0 Å². The standard InChI is InChI=1S/C33H55N5O2/c1-22(2)9-6-10-24(4)28-17-18-29-25(11-7-19-33(28,29)5)14-15-26-21-27(16-13-23(26)3)40-31(39)30(38-36)12-8-20-37-32(34)35/h14-15,22,24,27-30,36H,3,6-13,16-21H2,1-2,4-5H3,(H4,34,35,37)/b25-14+,26-15-,38-36?/t24-,27+,28-,29+,30-,33-/m1/s1. The van der Waals surface area contributed by atoms with E-state index in [-0.39, 0.29) is 12.1 Å². The Kier molecular flexibility index (Phi) is 12.0. The molecule has 0 bridgehead atoms. The van der Waals surface area contributed by atoms with Crippen LogP contribution in [0, 0.1) is 34.6 Å². The van der Waals surface area contributed by atoms with Gasteiger partial charge in [-0.25, -0.2) is 10.3 Å². The van der Waals surface area contributed by atoms with Gasteiger partial charge in [0, 0.05) is 13.0 Å². The summed E-state index contributed by atoms with van der Waals surface area (Å²) in [5, 5.41) is 3.50. The fourth-order valence-corrected chi connectivity index (χ4v) is 7.72. The number of rotatable bonds is 13. The Hall–Kier alpha value is -2.44. The highest BCUT2D eigenvalue weighted by Gasteiger charge is 2.50. The van der Waals surface area contributed by atoms with E-state index in [4.69, 9.17) is 21.7 Å². The van der Waals surface area contributed by atoms with Crippen LogP contribution < -0.4 is 11.5 Å². The number of carbonyl (C=O) groups excluding carboxylic acids is 1. The van der Waals surface area contributed by atoms with Gasteiger partial charge in [0.05, 0.1) is 0 Å². The fourth-order valence-electron chi connectivity index (χ4n) is 7.72. The normalized spacial score (nSPS) is 30.2. The summed E-state index contributed by atoms with van der Waals surface area (Å²) in [6.07, 6.45) is 18.2. The van der Waals surface area contributed by atoms with Crippen molar-refractivity contribution >= 4 is 11.9 Å². The maximum absolute atomic E-state index is 12.7. The zero-order chi connectivity index (χ0) is 29.3. The molecule has 0 unspecified atom stereocenters. The van der Waals surface area contributed by atoms with E-state index in [1.165, 1.54) is 56.9 Å². The number of aliphatic imine (C=N–C) groups is 1. The van der Waals surface area contributed by atoms with Gasteiger partial charge in [0.15, 0.2) is 12.0 Å². The van der Waals surface area contributed by atoms with Gasteiger partial charge in [-0.1, -0.05) is 76.8 Å². The highest BCUT2D eigenvalue weighted by atomic mass is 16.5. The van der Waals surface area contributed by atoms with E-state index in [2.05, 4.69) is 56.5 Å². The number of fused-ring (bicyclic) bond motifs is 1. The Morgan fingerprint density at radius 1 is 1.12 bits per heavy atom. The third-order valence-electron chi connectivity index (χ3n) is 9.97. The third-order valence-corrected chi connectivity index (χ3v) is 9.97. The molecule has 0 aromatic carbocycles. The van der Waals surface area contributed by atoms with Gasteiger partial charge in [-0.2, -0.15) is 5.11 Å². The Morgan fingerprint density at radius 3 is 2.60 bits per heavy atom. The number of guanidine groups is 1. The number of nitrogens with one attached hydrogen (secondary N) is 1. The summed E-state index contributed by atoms with van der Waals surface area (Å²) in [6, 6.07) is -0.808. The number of hydrogen-bond donors (Lipinski definition) is 3. The molecule has 0 saturated heterocycles. The van der Waals surface area contributed by atoms with Crippen molar-refractivity contribution in [2.45, 2.75) is 123 Å². The molecule has 0 amide bonds. The quantitative estimate of drug-likeness (QED) is 0.0712. The Labute approximate surface area is 242 Å². The van der Waals surface area contributed by atoms with Gasteiger partial charge < -0.3 is 16.2 Å². The van der Waals surface area contributed by atoms with Crippen molar-refractivity contribution < 1.29 is 9.53 Å². The summed E-state index contributed by atoms with van der Waals surface area (Å²) in [7, 11) is 0. The maximum Gasteiger partial charge on any atom is 0.333 e. The average molecular weight is 554 g/mol. The molecule has 3 saturated carbocycles. The predicted octanol–water partition coefficient (Wildman–Crippen LogP) is 7.62. The number of allylic oxidation sites excluding steroid dienone is 4. The minimum atomic E-state index is -0.808.